The molecule has 21 heavy (non-hydrogen) atoms. The molecule has 0 radical (unpaired) electrons. The van der Waals surface area contributed by atoms with Crippen LogP contribution in [0.4, 0.5) is 5.95 Å². The molecule has 1 unspecified atom stereocenters. The van der Waals surface area contributed by atoms with Crippen molar-refractivity contribution in [3.8, 4) is 0 Å². The molecule has 0 bridgehead atoms. The fraction of sp³-hybridized carbons (Fsp3) is 0.688. The van der Waals surface area contributed by atoms with Gasteiger partial charge in [0, 0.05) is 31.5 Å². The molecule has 1 aliphatic rings. The third-order valence-corrected chi connectivity index (χ3v) is 4.07. The van der Waals surface area contributed by atoms with Gasteiger partial charge in [-0.25, -0.2) is 9.97 Å². The first-order valence-electron chi connectivity index (χ1n) is 8.13. The van der Waals surface area contributed by atoms with Crippen LogP contribution in [0, 0.1) is 0 Å². The predicted molar refractivity (Wildman–Crippen MR) is 84.4 cm³/mol. The largest absolute Gasteiger partial charge is 0.354 e. The molecule has 1 fully saturated rings. The highest BCUT2D eigenvalue weighted by Crippen LogP contribution is 2.21. The van der Waals surface area contributed by atoms with Crippen molar-refractivity contribution in [1.29, 1.82) is 0 Å². The quantitative estimate of drug-likeness (QED) is 0.818. The van der Waals surface area contributed by atoms with Gasteiger partial charge in [0.2, 0.25) is 5.95 Å². The number of unbranched alkanes of at least 4 members (excludes halogenated alkanes) is 1. The van der Waals surface area contributed by atoms with E-state index in [-0.39, 0.29) is 5.91 Å². The monoisotopic (exact) mass is 290 g/mol. The number of nitrogens with zero attached hydrogens (tertiary/aromatic N) is 3. The van der Waals surface area contributed by atoms with Gasteiger partial charge in [0.05, 0.1) is 5.56 Å². The Morgan fingerprint density at radius 1 is 1.33 bits per heavy atom. The van der Waals surface area contributed by atoms with Crippen LogP contribution in [0.25, 0.3) is 0 Å². The number of amides is 1. The van der Waals surface area contributed by atoms with Gasteiger partial charge >= 0.3 is 0 Å². The van der Waals surface area contributed by atoms with Crippen LogP contribution in [0.15, 0.2) is 12.4 Å². The van der Waals surface area contributed by atoms with E-state index in [4.69, 9.17) is 0 Å². The molecule has 0 aliphatic carbocycles. The molecule has 0 spiro atoms. The summed E-state index contributed by atoms with van der Waals surface area (Å²) in [6.07, 6.45) is 9.96. The van der Waals surface area contributed by atoms with Crippen molar-refractivity contribution in [3.05, 3.63) is 18.0 Å². The second-order valence-corrected chi connectivity index (χ2v) is 5.63. The molecule has 1 atom stereocenters. The molecular weight excluding hydrogens is 264 g/mol. The summed E-state index contributed by atoms with van der Waals surface area (Å²) in [6, 6.07) is 0.369. The lowest BCUT2D eigenvalue weighted by Gasteiger charge is -2.35. The van der Waals surface area contributed by atoms with E-state index in [9.17, 15) is 4.79 Å². The van der Waals surface area contributed by atoms with Gasteiger partial charge in [0.25, 0.3) is 5.91 Å². The topological polar surface area (TPSA) is 58.1 Å². The van der Waals surface area contributed by atoms with Gasteiger partial charge in [-0.2, -0.15) is 0 Å². The van der Waals surface area contributed by atoms with E-state index < -0.39 is 0 Å². The van der Waals surface area contributed by atoms with Crippen molar-refractivity contribution in [2.24, 2.45) is 0 Å². The zero-order valence-corrected chi connectivity index (χ0v) is 13.1. The summed E-state index contributed by atoms with van der Waals surface area (Å²) in [5.74, 6) is 0.673. The molecule has 116 valence electrons. The van der Waals surface area contributed by atoms with Gasteiger partial charge in [0.1, 0.15) is 0 Å². The number of nitrogens with one attached hydrogen (secondary N) is 1. The van der Waals surface area contributed by atoms with Gasteiger partial charge in [-0.05, 0) is 32.1 Å². The first-order chi connectivity index (χ1) is 10.3. The zero-order chi connectivity index (χ0) is 15.1. The molecule has 1 aromatic rings. The Labute approximate surface area is 127 Å². The smallest absolute Gasteiger partial charge is 0.257 e. The highest BCUT2D eigenvalue weighted by molar-refractivity contribution is 5.94. The predicted octanol–water partition coefficient (Wildman–Crippen LogP) is 3.09. The van der Waals surface area contributed by atoms with Crippen LogP contribution in [0.1, 0.15) is 62.7 Å². The minimum atomic E-state index is 0.0710. The lowest BCUT2D eigenvalue weighted by Crippen LogP contribution is -2.43. The van der Waals surface area contributed by atoms with Crippen molar-refractivity contribution in [2.75, 3.05) is 18.4 Å². The Kier molecular flexibility index (Phi) is 5.96. The van der Waals surface area contributed by atoms with Gasteiger partial charge in [-0.1, -0.05) is 20.3 Å². The maximum absolute atomic E-state index is 12.6. The van der Waals surface area contributed by atoms with Crippen molar-refractivity contribution in [3.63, 3.8) is 0 Å². The third-order valence-electron chi connectivity index (χ3n) is 4.07. The minimum Gasteiger partial charge on any atom is -0.354 e. The van der Waals surface area contributed by atoms with Crippen LogP contribution in [0.5, 0.6) is 0 Å². The van der Waals surface area contributed by atoms with Crippen LogP contribution < -0.4 is 5.32 Å². The summed E-state index contributed by atoms with van der Waals surface area (Å²) in [4.78, 5) is 23.1. The fourth-order valence-electron chi connectivity index (χ4n) is 2.76. The van der Waals surface area contributed by atoms with E-state index >= 15 is 0 Å². The average molecular weight is 290 g/mol. The van der Waals surface area contributed by atoms with E-state index in [1.807, 2.05) is 4.90 Å². The summed E-state index contributed by atoms with van der Waals surface area (Å²) in [5, 5.41) is 3.16. The maximum atomic E-state index is 12.6. The molecule has 1 aliphatic heterocycles. The van der Waals surface area contributed by atoms with Crippen LogP contribution in [0.2, 0.25) is 0 Å². The van der Waals surface area contributed by atoms with Crippen LogP contribution in [-0.4, -0.2) is 39.9 Å². The summed E-state index contributed by atoms with van der Waals surface area (Å²) < 4.78 is 0. The summed E-state index contributed by atoms with van der Waals surface area (Å²) in [7, 11) is 0. The first-order valence-corrected chi connectivity index (χ1v) is 8.13. The number of carbonyl (C=O) groups is 1. The van der Waals surface area contributed by atoms with E-state index in [0.29, 0.717) is 17.6 Å². The van der Waals surface area contributed by atoms with Gasteiger partial charge < -0.3 is 10.2 Å². The highest BCUT2D eigenvalue weighted by atomic mass is 16.2. The number of anilines is 1. The normalized spacial score (nSPS) is 18.6. The molecule has 5 nitrogen and oxygen atoms in total. The SMILES string of the molecule is CCCCNc1ncc(C(=O)N2CCCCC2CC)cn1. The van der Waals surface area contributed by atoms with Crippen LogP contribution in [0.3, 0.4) is 0 Å². The second-order valence-electron chi connectivity index (χ2n) is 5.63. The minimum absolute atomic E-state index is 0.0710. The van der Waals surface area contributed by atoms with E-state index in [2.05, 4.69) is 29.1 Å². The highest BCUT2D eigenvalue weighted by Gasteiger charge is 2.26. The molecular formula is C16H26N4O. The number of hydrogen-bond acceptors (Lipinski definition) is 4. The van der Waals surface area contributed by atoms with Crippen molar-refractivity contribution < 1.29 is 4.79 Å². The molecule has 2 heterocycles. The standard InChI is InChI=1S/C16H26N4O/c1-3-5-9-17-16-18-11-13(12-19-16)15(21)20-10-7-6-8-14(20)4-2/h11-12,14H,3-10H2,1-2H3,(H,17,18,19). The molecule has 0 aromatic carbocycles. The van der Waals surface area contributed by atoms with Gasteiger partial charge in [-0.15, -0.1) is 0 Å². The van der Waals surface area contributed by atoms with Crippen molar-refractivity contribution in [1.82, 2.24) is 14.9 Å². The molecule has 1 amide bonds. The number of aromatic nitrogens is 2. The maximum Gasteiger partial charge on any atom is 0.257 e. The third kappa shape index (κ3) is 4.16. The second kappa shape index (κ2) is 7.96. The Balaban J connectivity index is 1.98. The number of carbonyl (C=O) groups excluding carboxylic acids is 1. The number of piperidine rings is 1. The summed E-state index contributed by atoms with van der Waals surface area (Å²) >= 11 is 0. The van der Waals surface area contributed by atoms with Crippen molar-refractivity contribution in [2.45, 2.75) is 58.4 Å². The fourth-order valence-corrected chi connectivity index (χ4v) is 2.76. The Bertz CT molecular complexity index is 446. The molecule has 1 aromatic heterocycles. The molecule has 2 rings (SSSR count). The Hall–Kier alpha value is -1.65. The first kappa shape index (κ1) is 15.7. The van der Waals surface area contributed by atoms with Crippen LogP contribution >= 0.6 is 0 Å². The number of rotatable bonds is 6. The molecule has 5 heteroatoms. The molecule has 1 saturated heterocycles. The lowest BCUT2D eigenvalue weighted by atomic mass is 9.99. The van der Waals surface area contributed by atoms with E-state index in [1.54, 1.807) is 12.4 Å². The molecule has 1 N–H and O–H groups in total. The van der Waals surface area contributed by atoms with E-state index in [1.165, 1.54) is 6.42 Å². The molecule has 0 saturated carbocycles. The number of likely N-dealkylation sites (tertiary alicyclic amines) is 1. The number of hydrogen-bond donors (Lipinski definition) is 1. The van der Waals surface area contributed by atoms with Crippen molar-refractivity contribution >= 4 is 11.9 Å². The van der Waals surface area contributed by atoms with Gasteiger partial charge in [-0.3, -0.25) is 4.79 Å². The summed E-state index contributed by atoms with van der Waals surface area (Å²) in [6.45, 7) is 6.02. The van der Waals surface area contributed by atoms with Gasteiger partial charge in [0.15, 0.2) is 0 Å². The van der Waals surface area contributed by atoms with Crippen LogP contribution in [-0.2, 0) is 0 Å². The van der Waals surface area contributed by atoms with E-state index in [0.717, 1.165) is 45.2 Å². The Morgan fingerprint density at radius 2 is 2.10 bits per heavy atom. The summed E-state index contributed by atoms with van der Waals surface area (Å²) in [5.41, 5.74) is 0.594. The average Bonchev–Trinajstić information content (AvgIpc) is 2.55. The Morgan fingerprint density at radius 3 is 2.76 bits per heavy atom. The lowest BCUT2D eigenvalue weighted by molar-refractivity contribution is 0.0607. The zero-order valence-electron chi connectivity index (χ0n) is 13.1.